The van der Waals surface area contributed by atoms with E-state index in [9.17, 15) is 5.11 Å². The van der Waals surface area contributed by atoms with Gasteiger partial charge in [-0.05, 0) is 44.7 Å². The molecule has 65 valence electrons. The number of nitrogens with one attached hydrogen (secondary N) is 1. The third-order valence-electron chi connectivity index (χ3n) is 2.41. The summed E-state index contributed by atoms with van der Waals surface area (Å²) >= 11 is 0. The Morgan fingerprint density at radius 2 is 2.27 bits per heavy atom. The first-order chi connectivity index (χ1) is 5.43. The molecule has 2 heteroatoms. The van der Waals surface area contributed by atoms with E-state index in [2.05, 4.69) is 5.32 Å². The van der Waals surface area contributed by atoms with E-state index in [0.29, 0.717) is 0 Å². The van der Waals surface area contributed by atoms with Gasteiger partial charge in [0.1, 0.15) is 0 Å². The van der Waals surface area contributed by atoms with Gasteiger partial charge in [-0.25, -0.2) is 5.11 Å². The molecule has 1 heterocycles. The highest BCUT2D eigenvalue weighted by molar-refractivity contribution is 4.66. The van der Waals surface area contributed by atoms with Gasteiger partial charge in [0.25, 0.3) is 0 Å². The summed E-state index contributed by atoms with van der Waals surface area (Å²) < 4.78 is 0. The molecule has 1 aliphatic heterocycles. The summed E-state index contributed by atoms with van der Waals surface area (Å²) in [5.74, 6) is 0.784. The molecule has 11 heavy (non-hydrogen) atoms. The monoisotopic (exact) mass is 156 g/mol. The Morgan fingerprint density at radius 1 is 1.36 bits per heavy atom. The Labute approximate surface area is 69.0 Å². The summed E-state index contributed by atoms with van der Waals surface area (Å²) in [5, 5.41) is 13.6. The largest absolute Gasteiger partial charge is 0.316 e. The fourth-order valence-electron chi connectivity index (χ4n) is 1.71. The van der Waals surface area contributed by atoms with Crippen molar-refractivity contribution in [3.05, 3.63) is 0 Å². The van der Waals surface area contributed by atoms with Crippen molar-refractivity contribution in [3.63, 3.8) is 0 Å². The molecule has 1 aliphatic rings. The second-order valence-electron chi connectivity index (χ2n) is 3.41. The Kier molecular flexibility index (Phi) is 4.55. The average molecular weight is 156 g/mol. The predicted octanol–water partition coefficient (Wildman–Crippen LogP) is 1.59. The summed E-state index contributed by atoms with van der Waals surface area (Å²) in [7, 11) is 0. The maximum atomic E-state index is 10.2. The zero-order valence-electron chi connectivity index (χ0n) is 7.14. The zero-order valence-corrected chi connectivity index (χ0v) is 7.14. The van der Waals surface area contributed by atoms with Gasteiger partial charge in [-0.15, -0.1) is 0 Å². The van der Waals surface area contributed by atoms with Gasteiger partial charge in [-0.1, -0.05) is 6.42 Å². The van der Waals surface area contributed by atoms with Crippen molar-refractivity contribution in [1.29, 1.82) is 0 Å². The zero-order chi connectivity index (χ0) is 7.94. The van der Waals surface area contributed by atoms with Gasteiger partial charge >= 0.3 is 0 Å². The Bertz CT molecular complexity index is 87.6. The lowest BCUT2D eigenvalue weighted by Gasteiger charge is -2.11. The number of hydrogen-bond donors (Lipinski definition) is 1. The second-order valence-corrected chi connectivity index (χ2v) is 3.41. The van der Waals surface area contributed by atoms with E-state index in [0.717, 1.165) is 25.3 Å². The first kappa shape index (κ1) is 9.01. The van der Waals surface area contributed by atoms with Crippen LogP contribution in [0.5, 0.6) is 0 Å². The molecule has 0 aromatic rings. The maximum Gasteiger partial charge on any atom is 0.0822 e. The van der Waals surface area contributed by atoms with Crippen LogP contribution in [-0.4, -0.2) is 19.7 Å². The smallest absolute Gasteiger partial charge is 0.0822 e. The van der Waals surface area contributed by atoms with E-state index in [4.69, 9.17) is 0 Å². The Balaban J connectivity index is 2.09. The summed E-state index contributed by atoms with van der Waals surface area (Å²) in [6.45, 7) is 2.42. The highest BCUT2D eigenvalue weighted by atomic mass is 16.2. The van der Waals surface area contributed by atoms with Gasteiger partial charge in [0.2, 0.25) is 0 Å². The molecule has 0 aliphatic carbocycles. The molecule has 1 radical (unpaired) electrons. The molecule has 0 aromatic carbocycles. The molecule has 1 unspecified atom stereocenters. The lowest BCUT2D eigenvalue weighted by Crippen LogP contribution is -2.20. The van der Waals surface area contributed by atoms with Gasteiger partial charge in [0.05, 0.1) is 6.61 Å². The van der Waals surface area contributed by atoms with Crippen LogP contribution >= 0.6 is 0 Å². The van der Waals surface area contributed by atoms with Crippen molar-refractivity contribution in [3.8, 4) is 0 Å². The van der Waals surface area contributed by atoms with Crippen LogP contribution in [0, 0.1) is 5.92 Å². The molecule has 0 saturated carbocycles. The minimum atomic E-state index is 0.108. The molecular formula is C9H18NO. The Hall–Kier alpha value is -0.0800. The van der Waals surface area contributed by atoms with E-state index < -0.39 is 0 Å². The van der Waals surface area contributed by atoms with E-state index >= 15 is 0 Å². The van der Waals surface area contributed by atoms with Crippen LogP contribution in [0.2, 0.25) is 0 Å². The summed E-state index contributed by atoms with van der Waals surface area (Å²) in [6, 6.07) is 0. The predicted molar refractivity (Wildman–Crippen MR) is 45.0 cm³/mol. The highest BCUT2D eigenvalue weighted by Crippen LogP contribution is 2.15. The van der Waals surface area contributed by atoms with Gasteiger partial charge < -0.3 is 5.32 Å². The van der Waals surface area contributed by atoms with E-state index in [1.54, 1.807) is 0 Å². The first-order valence-corrected chi connectivity index (χ1v) is 4.72. The molecule has 1 fully saturated rings. The molecule has 0 aromatic heterocycles. The van der Waals surface area contributed by atoms with Crippen LogP contribution in [0.15, 0.2) is 0 Å². The first-order valence-electron chi connectivity index (χ1n) is 4.72. The molecule has 1 atom stereocenters. The molecular weight excluding hydrogens is 138 g/mol. The average Bonchev–Trinajstić information content (AvgIpc) is 2.28. The Morgan fingerprint density at radius 3 is 3.09 bits per heavy atom. The van der Waals surface area contributed by atoms with Crippen molar-refractivity contribution in [2.45, 2.75) is 32.1 Å². The highest BCUT2D eigenvalue weighted by Gasteiger charge is 2.10. The van der Waals surface area contributed by atoms with Gasteiger partial charge in [-0.3, -0.25) is 0 Å². The summed E-state index contributed by atoms with van der Waals surface area (Å²) in [4.78, 5) is 0. The van der Waals surface area contributed by atoms with Gasteiger partial charge in [-0.2, -0.15) is 0 Å². The van der Waals surface area contributed by atoms with E-state index in [1.165, 1.54) is 25.8 Å². The number of rotatable bonds is 3. The van der Waals surface area contributed by atoms with Crippen molar-refractivity contribution >= 4 is 0 Å². The van der Waals surface area contributed by atoms with Crippen molar-refractivity contribution in [2.75, 3.05) is 19.7 Å². The molecule has 1 saturated heterocycles. The molecule has 0 amide bonds. The quantitative estimate of drug-likeness (QED) is 0.661. The number of hydrogen-bond acceptors (Lipinski definition) is 1. The van der Waals surface area contributed by atoms with E-state index in [1.807, 2.05) is 0 Å². The van der Waals surface area contributed by atoms with Crippen LogP contribution < -0.4 is 5.32 Å². The molecule has 1 rings (SSSR count). The fraction of sp³-hybridized carbons (Fsp3) is 1.00. The molecule has 1 N–H and O–H groups in total. The normalized spacial score (nSPS) is 26.5. The lowest BCUT2D eigenvalue weighted by molar-refractivity contribution is 0.179. The van der Waals surface area contributed by atoms with Crippen LogP contribution in [0.25, 0.3) is 0 Å². The lowest BCUT2D eigenvalue weighted by atomic mass is 9.98. The standard InChI is InChI=1S/C9H18NO/c11-7-3-5-9-4-1-2-6-10-8-9/h9-10H,1-8H2. The van der Waals surface area contributed by atoms with Crippen molar-refractivity contribution < 1.29 is 5.11 Å². The van der Waals surface area contributed by atoms with Crippen molar-refractivity contribution in [2.24, 2.45) is 5.92 Å². The SMILES string of the molecule is [O]CCCC1CCCCNC1. The fourth-order valence-corrected chi connectivity index (χ4v) is 1.71. The summed E-state index contributed by atoms with van der Waals surface area (Å²) in [5.41, 5.74) is 0. The van der Waals surface area contributed by atoms with Crippen LogP contribution in [0.4, 0.5) is 0 Å². The second kappa shape index (κ2) is 5.56. The summed E-state index contributed by atoms with van der Waals surface area (Å²) in [6.07, 6.45) is 5.99. The van der Waals surface area contributed by atoms with Crippen LogP contribution in [0.1, 0.15) is 32.1 Å². The molecule has 0 spiro atoms. The minimum Gasteiger partial charge on any atom is -0.316 e. The maximum absolute atomic E-state index is 10.2. The van der Waals surface area contributed by atoms with E-state index in [-0.39, 0.29) is 6.61 Å². The minimum absolute atomic E-state index is 0.108. The molecule has 2 nitrogen and oxygen atoms in total. The van der Waals surface area contributed by atoms with Gasteiger partial charge in [0, 0.05) is 0 Å². The van der Waals surface area contributed by atoms with Crippen LogP contribution in [-0.2, 0) is 5.11 Å². The molecule has 0 bridgehead atoms. The van der Waals surface area contributed by atoms with Gasteiger partial charge in [0.15, 0.2) is 0 Å². The third-order valence-corrected chi connectivity index (χ3v) is 2.41. The third kappa shape index (κ3) is 3.73. The van der Waals surface area contributed by atoms with Crippen molar-refractivity contribution in [1.82, 2.24) is 5.32 Å². The van der Waals surface area contributed by atoms with Crippen LogP contribution in [0.3, 0.4) is 0 Å². The topological polar surface area (TPSA) is 31.9 Å².